The first-order valence-electron chi connectivity index (χ1n) is 5.21. The summed E-state index contributed by atoms with van der Waals surface area (Å²) in [5.74, 6) is 0.959. The highest BCUT2D eigenvalue weighted by Gasteiger charge is 2.11. The molecule has 0 unspecified atom stereocenters. The Kier molecular flexibility index (Phi) is 3.82. The number of carbonyl (C=O) groups is 1. The zero-order valence-corrected chi connectivity index (χ0v) is 10.3. The van der Waals surface area contributed by atoms with Gasteiger partial charge in [0.2, 0.25) is 0 Å². The van der Waals surface area contributed by atoms with Crippen LogP contribution >= 0.6 is 11.6 Å². The van der Waals surface area contributed by atoms with Crippen LogP contribution in [0.4, 0.5) is 5.69 Å². The molecule has 0 aliphatic heterocycles. The molecule has 2 rings (SSSR count). The molecule has 6 nitrogen and oxygen atoms in total. The second kappa shape index (κ2) is 5.53. The van der Waals surface area contributed by atoms with E-state index in [0.29, 0.717) is 17.8 Å². The Labute approximate surface area is 112 Å². The third-order valence-corrected chi connectivity index (χ3v) is 2.59. The topological polar surface area (TPSA) is 82.6 Å². The molecular formula is C12H8ClNO5. The van der Waals surface area contributed by atoms with Crippen molar-refractivity contribution in [1.82, 2.24) is 0 Å². The molecule has 19 heavy (non-hydrogen) atoms. The van der Waals surface area contributed by atoms with Crippen molar-refractivity contribution in [2.24, 2.45) is 0 Å². The highest BCUT2D eigenvalue weighted by Crippen LogP contribution is 2.29. The molecule has 0 saturated heterocycles. The molecule has 0 N–H and O–H groups in total. The van der Waals surface area contributed by atoms with Crippen molar-refractivity contribution in [1.29, 1.82) is 0 Å². The van der Waals surface area contributed by atoms with Gasteiger partial charge in [-0.3, -0.25) is 14.9 Å². The van der Waals surface area contributed by atoms with E-state index in [-0.39, 0.29) is 23.1 Å². The summed E-state index contributed by atoms with van der Waals surface area (Å²) < 4.78 is 10.5. The van der Waals surface area contributed by atoms with Crippen molar-refractivity contribution >= 4 is 23.6 Å². The zero-order chi connectivity index (χ0) is 13.8. The van der Waals surface area contributed by atoms with Gasteiger partial charge in [-0.05, 0) is 18.2 Å². The fourth-order valence-electron chi connectivity index (χ4n) is 1.40. The molecule has 1 aromatic heterocycles. The minimum absolute atomic E-state index is 0.0748. The van der Waals surface area contributed by atoms with Gasteiger partial charge in [0.15, 0.2) is 12.0 Å². The molecule has 0 aliphatic rings. The first-order valence-corrected chi connectivity index (χ1v) is 5.58. The van der Waals surface area contributed by atoms with Gasteiger partial charge >= 0.3 is 0 Å². The zero-order valence-electron chi connectivity index (χ0n) is 9.54. The van der Waals surface area contributed by atoms with Gasteiger partial charge in [0.25, 0.3) is 5.69 Å². The lowest BCUT2D eigenvalue weighted by molar-refractivity contribution is -0.384. The second-order valence-electron chi connectivity index (χ2n) is 3.58. The number of hydrogen-bond acceptors (Lipinski definition) is 5. The van der Waals surface area contributed by atoms with E-state index in [0.717, 1.165) is 0 Å². The average molecular weight is 282 g/mol. The Balaban J connectivity index is 2.07. The predicted octanol–water partition coefficient (Wildman–Crippen LogP) is 3.23. The fourth-order valence-corrected chi connectivity index (χ4v) is 1.63. The lowest BCUT2D eigenvalue weighted by Crippen LogP contribution is -1.95. The van der Waals surface area contributed by atoms with Gasteiger partial charge in [-0.1, -0.05) is 11.6 Å². The minimum atomic E-state index is -0.543. The number of benzene rings is 1. The van der Waals surface area contributed by atoms with Crippen LogP contribution in [0.3, 0.4) is 0 Å². The molecule has 0 bridgehead atoms. The molecule has 0 amide bonds. The van der Waals surface area contributed by atoms with E-state index in [2.05, 4.69) is 0 Å². The SMILES string of the molecule is O=Cc1ccc(COc2ccc([N+](=O)[O-])cc2Cl)o1. The number of aldehydes is 1. The van der Waals surface area contributed by atoms with Crippen LogP contribution in [0.15, 0.2) is 34.7 Å². The molecule has 2 aromatic rings. The largest absolute Gasteiger partial charge is 0.484 e. The van der Waals surface area contributed by atoms with Gasteiger partial charge in [0.05, 0.1) is 9.95 Å². The van der Waals surface area contributed by atoms with Crippen LogP contribution in [-0.2, 0) is 6.61 Å². The number of nitro benzene ring substituents is 1. The van der Waals surface area contributed by atoms with E-state index in [9.17, 15) is 14.9 Å². The molecule has 0 saturated carbocycles. The number of ether oxygens (including phenoxy) is 1. The summed E-state index contributed by atoms with van der Waals surface area (Å²) >= 11 is 5.86. The smallest absolute Gasteiger partial charge is 0.271 e. The van der Waals surface area contributed by atoms with Crippen molar-refractivity contribution in [2.45, 2.75) is 6.61 Å². The lowest BCUT2D eigenvalue weighted by Gasteiger charge is -2.05. The maximum absolute atomic E-state index is 10.5. The third kappa shape index (κ3) is 3.11. The second-order valence-corrected chi connectivity index (χ2v) is 3.99. The number of nitrogens with zero attached hydrogens (tertiary/aromatic N) is 1. The Bertz CT molecular complexity index is 622. The maximum atomic E-state index is 10.5. The number of hydrogen-bond donors (Lipinski definition) is 0. The van der Waals surface area contributed by atoms with Crippen molar-refractivity contribution in [2.75, 3.05) is 0 Å². The van der Waals surface area contributed by atoms with Crippen LogP contribution in [-0.4, -0.2) is 11.2 Å². The lowest BCUT2D eigenvalue weighted by atomic mass is 10.3. The Morgan fingerprint density at radius 2 is 2.16 bits per heavy atom. The van der Waals surface area contributed by atoms with Crippen molar-refractivity contribution < 1.29 is 18.9 Å². The van der Waals surface area contributed by atoms with Crippen LogP contribution in [0.2, 0.25) is 5.02 Å². The molecule has 0 atom stereocenters. The van der Waals surface area contributed by atoms with Crippen LogP contribution in [0.1, 0.15) is 16.3 Å². The van der Waals surface area contributed by atoms with Gasteiger partial charge in [-0.15, -0.1) is 0 Å². The maximum Gasteiger partial charge on any atom is 0.271 e. The number of nitro groups is 1. The van der Waals surface area contributed by atoms with E-state index < -0.39 is 4.92 Å². The van der Waals surface area contributed by atoms with Crippen molar-refractivity contribution in [3.8, 4) is 5.75 Å². The number of carbonyl (C=O) groups excluding carboxylic acids is 1. The summed E-state index contributed by atoms with van der Waals surface area (Å²) in [6.45, 7) is 0.0748. The molecular weight excluding hydrogens is 274 g/mol. The quantitative estimate of drug-likeness (QED) is 0.477. The molecule has 0 aliphatic carbocycles. The van der Waals surface area contributed by atoms with Crippen molar-refractivity contribution in [3.05, 3.63) is 57.0 Å². The normalized spacial score (nSPS) is 10.2. The van der Waals surface area contributed by atoms with Crippen LogP contribution < -0.4 is 4.74 Å². The predicted molar refractivity (Wildman–Crippen MR) is 66.5 cm³/mol. The molecule has 0 spiro atoms. The standard InChI is InChI=1S/C12H8ClNO5/c13-11-5-8(14(16)17)1-4-12(11)18-7-10-3-2-9(6-15)19-10/h1-6H,7H2. The molecule has 1 aromatic carbocycles. The molecule has 98 valence electrons. The molecule has 1 heterocycles. The summed E-state index contributed by atoms with van der Waals surface area (Å²) in [5, 5.41) is 10.7. The number of non-ortho nitro benzene ring substituents is 1. The molecule has 0 fully saturated rings. The average Bonchev–Trinajstić information content (AvgIpc) is 2.85. The molecule has 7 heteroatoms. The third-order valence-electron chi connectivity index (χ3n) is 2.29. The Hall–Kier alpha value is -2.34. The summed E-state index contributed by atoms with van der Waals surface area (Å²) in [7, 11) is 0. The van der Waals surface area contributed by atoms with Gasteiger partial charge in [0.1, 0.15) is 18.1 Å². The molecule has 0 radical (unpaired) electrons. The van der Waals surface area contributed by atoms with E-state index in [1.165, 1.54) is 24.3 Å². The fraction of sp³-hybridized carbons (Fsp3) is 0.0833. The monoisotopic (exact) mass is 281 g/mol. The number of halogens is 1. The first kappa shape index (κ1) is 13.1. The van der Waals surface area contributed by atoms with E-state index in [1.54, 1.807) is 6.07 Å². The number of furan rings is 1. The summed E-state index contributed by atoms with van der Waals surface area (Å²) in [6.07, 6.45) is 0.586. The summed E-state index contributed by atoms with van der Waals surface area (Å²) in [6, 6.07) is 7.02. The van der Waals surface area contributed by atoms with E-state index in [1.807, 2.05) is 0 Å². The van der Waals surface area contributed by atoms with E-state index in [4.69, 9.17) is 20.8 Å². The Morgan fingerprint density at radius 1 is 1.37 bits per heavy atom. The van der Waals surface area contributed by atoms with Gasteiger partial charge in [-0.25, -0.2) is 0 Å². The van der Waals surface area contributed by atoms with Gasteiger partial charge in [0, 0.05) is 12.1 Å². The van der Waals surface area contributed by atoms with Crippen LogP contribution in [0.5, 0.6) is 5.75 Å². The highest BCUT2D eigenvalue weighted by atomic mass is 35.5. The Morgan fingerprint density at radius 3 is 2.74 bits per heavy atom. The number of rotatable bonds is 5. The summed E-state index contributed by atoms with van der Waals surface area (Å²) in [4.78, 5) is 20.4. The minimum Gasteiger partial charge on any atom is -0.484 e. The summed E-state index contributed by atoms with van der Waals surface area (Å²) in [5.41, 5.74) is -0.112. The van der Waals surface area contributed by atoms with E-state index >= 15 is 0 Å². The van der Waals surface area contributed by atoms with Crippen LogP contribution in [0, 0.1) is 10.1 Å². The highest BCUT2D eigenvalue weighted by molar-refractivity contribution is 6.32. The first-order chi connectivity index (χ1) is 9.10. The van der Waals surface area contributed by atoms with Crippen molar-refractivity contribution in [3.63, 3.8) is 0 Å². The van der Waals surface area contributed by atoms with Gasteiger partial charge in [-0.2, -0.15) is 0 Å². The van der Waals surface area contributed by atoms with Crippen LogP contribution in [0.25, 0.3) is 0 Å². The van der Waals surface area contributed by atoms with Gasteiger partial charge < -0.3 is 9.15 Å².